The summed E-state index contributed by atoms with van der Waals surface area (Å²) in [6.07, 6.45) is 6.88. The van der Waals surface area contributed by atoms with E-state index in [0.717, 1.165) is 0 Å². The Morgan fingerprint density at radius 1 is 1.70 bits per heavy atom. The van der Waals surface area contributed by atoms with Crippen LogP contribution in [0.2, 0.25) is 0 Å². The van der Waals surface area contributed by atoms with Gasteiger partial charge in [0, 0.05) is 0 Å². The summed E-state index contributed by atoms with van der Waals surface area (Å²) in [6, 6.07) is 0. The van der Waals surface area contributed by atoms with Crippen LogP contribution in [0.5, 0.6) is 0 Å². The van der Waals surface area contributed by atoms with Crippen molar-refractivity contribution in [2.24, 2.45) is 9.98 Å². The number of rotatable bonds is 1. The standard InChI is InChI=1S/C7H4N2O/c1-2-3-6-4-8-7(5-10)9-6/h1,4H,3H2. The third-order valence-corrected chi connectivity index (χ3v) is 0.960. The van der Waals surface area contributed by atoms with E-state index in [4.69, 9.17) is 6.42 Å². The summed E-state index contributed by atoms with van der Waals surface area (Å²) < 4.78 is 0. The molecular weight excluding hydrogens is 128 g/mol. The van der Waals surface area contributed by atoms with Crippen LogP contribution >= 0.6 is 0 Å². The monoisotopic (exact) mass is 132 g/mol. The fourth-order valence-corrected chi connectivity index (χ4v) is 0.568. The second-order valence-electron chi connectivity index (χ2n) is 1.67. The van der Waals surface area contributed by atoms with E-state index >= 15 is 0 Å². The van der Waals surface area contributed by atoms with Gasteiger partial charge in [0.1, 0.15) is 0 Å². The molecule has 0 fully saturated rings. The molecular formula is C7H4N2O. The van der Waals surface area contributed by atoms with Crippen molar-refractivity contribution >= 4 is 17.9 Å². The maximum absolute atomic E-state index is 9.92. The first kappa shape index (κ1) is 6.47. The largest absolute Gasteiger partial charge is 0.239 e. The van der Waals surface area contributed by atoms with E-state index in [0.29, 0.717) is 12.1 Å². The van der Waals surface area contributed by atoms with Crippen molar-refractivity contribution in [3.63, 3.8) is 0 Å². The van der Waals surface area contributed by atoms with Gasteiger partial charge >= 0.3 is 0 Å². The summed E-state index contributed by atoms with van der Waals surface area (Å²) in [5.41, 5.74) is 0.640. The van der Waals surface area contributed by atoms with Gasteiger partial charge in [0.05, 0.1) is 18.3 Å². The van der Waals surface area contributed by atoms with E-state index in [1.54, 1.807) is 5.94 Å². The lowest BCUT2D eigenvalue weighted by Gasteiger charge is -1.80. The number of hydrogen-bond acceptors (Lipinski definition) is 3. The van der Waals surface area contributed by atoms with Crippen molar-refractivity contribution in [2.45, 2.75) is 6.42 Å². The minimum atomic E-state index is 0.0743. The van der Waals surface area contributed by atoms with Crippen LogP contribution in [0.1, 0.15) is 6.42 Å². The molecule has 1 aliphatic heterocycles. The Hall–Kier alpha value is -1.65. The average Bonchev–Trinajstić information content (AvgIpc) is 2.37. The highest BCUT2D eigenvalue weighted by molar-refractivity contribution is 6.33. The van der Waals surface area contributed by atoms with Crippen molar-refractivity contribution < 1.29 is 4.79 Å². The minimum Gasteiger partial charge on any atom is -0.229 e. The molecule has 0 radical (unpaired) electrons. The predicted molar refractivity (Wildman–Crippen MR) is 38.6 cm³/mol. The lowest BCUT2D eigenvalue weighted by molar-refractivity contribution is 0.566. The molecule has 0 N–H and O–H groups in total. The number of aliphatic imine (C=N–C) groups is 2. The summed E-state index contributed by atoms with van der Waals surface area (Å²) in [7, 11) is 0. The Bertz CT molecular complexity index is 287. The van der Waals surface area contributed by atoms with Gasteiger partial charge in [-0.15, -0.1) is 12.3 Å². The Morgan fingerprint density at radius 2 is 2.50 bits per heavy atom. The highest BCUT2D eigenvalue weighted by Crippen LogP contribution is 2.01. The molecule has 0 amide bonds. The average molecular weight is 132 g/mol. The molecule has 0 aromatic rings. The number of hydrogen-bond donors (Lipinski definition) is 0. The van der Waals surface area contributed by atoms with Crippen LogP contribution in [0.15, 0.2) is 15.8 Å². The molecule has 1 aliphatic rings. The zero-order valence-corrected chi connectivity index (χ0v) is 5.16. The van der Waals surface area contributed by atoms with Gasteiger partial charge in [-0.25, -0.2) is 14.8 Å². The van der Waals surface area contributed by atoms with Crippen LogP contribution in [0.4, 0.5) is 0 Å². The second kappa shape index (κ2) is 2.77. The van der Waals surface area contributed by atoms with Crippen LogP contribution in [-0.2, 0) is 4.79 Å². The maximum Gasteiger partial charge on any atom is 0.239 e. The van der Waals surface area contributed by atoms with E-state index in [-0.39, 0.29) is 5.82 Å². The van der Waals surface area contributed by atoms with Gasteiger partial charge in [-0.1, -0.05) is 0 Å². The fourth-order valence-electron chi connectivity index (χ4n) is 0.568. The van der Waals surface area contributed by atoms with Crippen molar-refractivity contribution in [3.05, 3.63) is 5.82 Å². The molecule has 3 heteroatoms. The van der Waals surface area contributed by atoms with Gasteiger partial charge in [-0.3, -0.25) is 0 Å². The van der Waals surface area contributed by atoms with E-state index in [2.05, 4.69) is 15.9 Å². The highest BCUT2D eigenvalue weighted by atomic mass is 16.1. The Morgan fingerprint density at radius 3 is 3.00 bits per heavy atom. The van der Waals surface area contributed by atoms with E-state index in [1.165, 1.54) is 6.21 Å². The van der Waals surface area contributed by atoms with Gasteiger partial charge in [-0.05, 0) is 0 Å². The van der Waals surface area contributed by atoms with Crippen molar-refractivity contribution in [3.8, 4) is 12.3 Å². The van der Waals surface area contributed by atoms with Crippen LogP contribution in [0.3, 0.4) is 0 Å². The number of carbonyl (C=O) groups excluding carboxylic acids is 1. The minimum absolute atomic E-state index is 0.0743. The first-order valence-electron chi connectivity index (χ1n) is 2.67. The van der Waals surface area contributed by atoms with E-state index in [1.807, 2.05) is 0 Å². The van der Waals surface area contributed by atoms with Gasteiger partial charge in [0.2, 0.25) is 5.82 Å². The first-order valence-corrected chi connectivity index (χ1v) is 2.67. The van der Waals surface area contributed by atoms with Crippen molar-refractivity contribution in [2.75, 3.05) is 0 Å². The molecule has 0 unspecified atom stereocenters. The lowest BCUT2D eigenvalue weighted by Crippen LogP contribution is -1.92. The number of nitrogens with zero attached hydrogens (tertiary/aromatic N) is 2. The molecule has 0 aromatic carbocycles. The van der Waals surface area contributed by atoms with E-state index < -0.39 is 0 Å². The lowest BCUT2D eigenvalue weighted by atomic mass is 10.3. The van der Waals surface area contributed by atoms with Crippen LogP contribution in [0, 0.1) is 12.3 Å². The molecule has 0 bridgehead atoms. The topological polar surface area (TPSA) is 41.8 Å². The summed E-state index contributed by atoms with van der Waals surface area (Å²) in [5.74, 6) is 4.03. The molecule has 0 atom stereocenters. The van der Waals surface area contributed by atoms with Crippen molar-refractivity contribution in [1.82, 2.24) is 0 Å². The molecule has 0 aliphatic carbocycles. The number of terminal acetylenes is 1. The smallest absolute Gasteiger partial charge is 0.229 e. The van der Waals surface area contributed by atoms with Crippen LogP contribution in [0.25, 0.3) is 0 Å². The molecule has 0 aromatic heterocycles. The molecule has 1 rings (SSSR count). The molecule has 48 valence electrons. The maximum atomic E-state index is 9.92. The van der Waals surface area contributed by atoms with Gasteiger partial charge in [0.15, 0.2) is 5.94 Å². The molecule has 3 nitrogen and oxygen atoms in total. The normalized spacial score (nSPS) is 14.3. The third kappa shape index (κ3) is 1.19. The SMILES string of the molecule is C#CCC1=NC(=C=O)N=C1. The quantitative estimate of drug-likeness (QED) is 0.371. The molecule has 10 heavy (non-hydrogen) atoms. The third-order valence-electron chi connectivity index (χ3n) is 0.960. The second-order valence-corrected chi connectivity index (χ2v) is 1.67. The predicted octanol–water partition coefficient (Wildman–Crippen LogP) is 0.208. The van der Waals surface area contributed by atoms with Crippen molar-refractivity contribution in [1.29, 1.82) is 0 Å². The molecule has 0 spiro atoms. The van der Waals surface area contributed by atoms with Crippen LogP contribution < -0.4 is 0 Å². The highest BCUT2D eigenvalue weighted by Gasteiger charge is 2.03. The Labute approximate surface area is 58.2 Å². The summed E-state index contributed by atoms with van der Waals surface area (Å²) in [5, 5.41) is 0. The zero-order chi connectivity index (χ0) is 7.40. The van der Waals surface area contributed by atoms with E-state index in [9.17, 15) is 4.79 Å². The summed E-state index contributed by atoms with van der Waals surface area (Å²) in [6.45, 7) is 0. The Balaban J connectivity index is 2.80. The van der Waals surface area contributed by atoms with Gasteiger partial charge in [-0.2, -0.15) is 0 Å². The summed E-state index contributed by atoms with van der Waals surface area (Å²) in [4.78, 5) is 17.3. The van der Waals surface area contributed by atoms with Gasteiger partial charge in [0.25, 0.3) is 0 Å². The summed E-state index contributed by atoms with van der Waals surface area (Å²) >= 11 is 0. The van der Waals surface area contributed by atoms with Crippen LogP contribution in [-0.4, -0.2) is 17.9 Å². The molecule has 1 heterocycles. The zero-order valence-electron chi connectivity index (χ0n) is 5.16. The fraction of sp³-hybridized carbons (Fsp3) is 0.143. The molecule has 0 saturated carbocycles. The van der Waals surface area contributed by atoms with Gasteiger partial charge < -0.3 is 0 Å². The Kier molecular flexibility index (Phi) is 1.79. The first-order chi connectivity index (χ1) is 4.86. The molecule has 0 saturated heterocycles.